The van der Waals surface area contributed by atoms with Crippen LogP contribution in [0.2, 0.25) is 5.02 Å². The fourth-order valence-corrected chi connectivity index (χ4v) is 3.63. The van der Waals surface area contributed by atoms with E-state index < -0.39 is 0 Å². The third-order valence-corrected chi connectivity index (χ3v) is 5.52. The molecular formula is C23H29ClN2O2. The summed E-state index contributed by atoms with van der Waals surface area (Å²) in [4.78, 5) is 14.8. The van der Waals surface area contributed by atoms with Gasteiger partial charge in [0.25, 0.3) is 5.91 Å². The molecule has 1 aliphatic heterocycles. The van der Waals surface area contributed by atoms with Gasteiger partial charge in [-0.15, -0.1) is 0 Å². The molecule has 1 fully saturated rings. The Balaban J connectivity index is 1.60. The standard InChI is InChI=1S/C23H29ClN2O2/c1-3-4-15-28-20-8-5-18(6-9-20)23(27)25-19-7-10-22(21(24)16-19)26-13-11-17(2)12-14-26/h5-10,16-17H,3-4,11-15H2,1-2H3,(H,25,27). The first kappa shape index (κ1) is 20.5. The number of halogens is 1. The number of benzene rings is 2. The van der Waals surface area contributed by atoms with E-state index in [0.717, 1.165) is 43.3 Å². The SMILES string of the molecule is CCCCOc1ccc(C(=O)Nc2ccc(N3CCC(C)CC3)c(Cl)c2)cc1. The number of carbonyl (C=O) groups excluding carboxylic acids is 1. The molecule has 0 unspecified atom stereocenters. The third-order valence-electron chi connectivity index (χ3n) is 5.21. The van der Waals surface area contributed by atoms with Crippen molar-refractivity contribution >= 4 is 28.9 Å². The molecule has 0 aromatic heterocycles. The second-order valence-electron chi connectivity index (χ2n) is 7.52. The van der Waals surface area contributed by atoms with Crippen LogP contribution in [-0.4, -0.2) is 25.6 Å². The van der Waals surface area contributed by atoms with Crippen molar-refractivity contribution in [2.75, 3.05) is 29.9 Å². The molecule has 150 valence electrons. The molecule has 5 heteroatoms. The Labute approximate surface area is 172 Å². The summed E-state index contributed by atoms with van der Waals surface area (Å²) >= 11 is 6.50. The Bertz CT molecular complexity index is 784. The number of piperidine rings is 1. The maximum atomic E-state index is 12.5. The molecule has 2 aromatic carbocycles. The van der Waals surface area contributed by atoms with E-state index in [0.29, 0.717) is 22.9 Å². The quantitative estimate of drug-likeness (QED) is 0.579. The molecule has 1 amide bonds. The molecule has 0 bridgehead atoms. The largest absolute Gasteiger partial charge is 0.494 e. The van der Waals surface area contributed by atoms with Crippen LogP contribution in [0.15, 0.2) is 42.5 Å². The van der Waals surface area contributed by atoms with Crippen molar-refractivity contribution in [1.82, 2.24) is 0 Å². The summed E-state index contributed by atoms with van der Waals surface area (Å²) < 4.78 is 5.64. The molecule has 0 aliphatic carbocycles. The molecule has 0 radical (unpaired) electrons. The zero-order valence-electron chi connectivity index (χ0n) is 16.7. The van der Waals surface area contributed by atoms with Crippen LogP contribution in [0.25, 0.3) is 0 Å². The minimum atomic E-state index is -0.157. The van der Waals surface area contributed by atoms with Crippen molar-refractivity contribution in [3.8, 4) is 5.75 Å². The van der Waals surface area contributed by atoms with Gasteiger partial charge in [0, 0.05) is 24.3 Å². The Hall–Kier alpha value is -2.20. The molecule has 3 rings (SSSR count). The second-order valence-corrected chi connectivity index (χ2v) is 7.92. The van der Waals surface area contributed by atoms with Gasteiger partial charge in [-0.3, -0.25) is 4.79 Å². The highest BCUT2D eigenvalue weighted by molar-refractivity contribution is 6.33. The first-order valence-corrected chi connectivity index (χ1v) is 10.5. The Morgan fingerprint density at radius 2 is 1.89 bits per heavy atom. The molecule has 1 saturated heterocycles. The van der Waals surface area contributed by atoms with E-state index in [4.69, 9.17) is 16.3 Å². The van der Waals surface area contributed by atoms with Gasteiger partial charge in [-0.1, -0.05) is 31.9 Å². The number of hydrogen-bond donors (Lipinski definition) is 1. The van der Waals surface area contributed by atoms with Gasteiger partial charge in [0.1, 0.15) is 5.75 Å². The number of nitrogens with zero attached hydrogens (tertiary/aromatic N) is 1. The van der Waals surface area contributed by atoms with Gasteiger partial charge in [0.05, 0.1) is 17.3 Å². The first-order chi connectivity index (χ1) is 13.6. The van der Waals surface area contributed by atoms with Gasteiger partial charge >= 0.3 is 0 Å². The summed E-state index contributed by atoms with van der Waals surface area (Å²) in [5, 5.41) is 3.60. The van der Waals surface area contributed by atoms with Gasteiger partial charge in [0.15, 0.2) is 0 Å². The summed E-state index contributed by atoms with van der Waals surface area (Å²) in [6.07, 6.45) is 4.49. The number of anilines is 2. The van der Waals surface area contributed by atoms with E-state index in [1.54, 1.807) is 12.1 Å². The van der Waals surface area contributed by atoms with Crippen LogP contribution in [0.5, 0.6) is 5.75 Å². The molecule has 1 aliphatic rings. The number of nitrogens with one attached hydrogen (secondary N) is 1. The van der Waals surface area contributed by atoms with Crippen LogP contribution in [0.3, 0.4) is 0 Å². The van der Waals surface area contributed by atoms with E-state index in [-0.39, 0.29) is 5.91 Å². The lowest BCUT2D eigenvalue weighted by atomic mass is 9.99. The van der Waals surface area contributed by atoms with Crippen LogP contribution in [0.1, 0.15) is 49.9 Å². The molecule has 1 N–H and O–H groups in total. The number of rotatable bonds is 7. The summed E-state index contributed by atoms with van der Waals surface area (Å²) in [6.45, 7) is 7.17. The molecule has 0 spiro atoms. The average molecular weight is 401 g/mol. The topological polar surface area (TPSA) is 41.6 Å². The number of unbranched alkanes of at least 4 members (excludes halogenated alkanes) is 1. The fraction of sp³-hybridized carbons (Fsp3) is 0.435. The summed E-state index contributed by atoms with van der Waals surface area (Å²) in [6, 6.07) is 13.0. The third kappa shape index (κ3) is 5.41. The highest BCUT2D eigenvalue weighted by Crippen LogP contribution is 2.32. The second kappa shape index (κ2) is 9.83. The van der Waals surface area contributed by atoms with Crippen molar-refractivity contribution in [2.45, 2.75) is 39.5 Å². The molecule has 0 atom stereocenters. The minimum absolute atomic E-state index is 0.157. The minimum Gasteiger partial charge on any atom is -0.494 e. The number of hydrogen-bond acceptors (Lipinski definition) is 3. The van der Waals surface area contributed by atoms with E-state index in [9.17, 15) is 4.79 Å². The van der Waals surface area contributed by atoms with E-state index >= 15 is 0 Å². The molecular weight excluding hydrogens is 372 g/mol. The van der Waals surface area contributed by atoms with Crippen LogP contribution in [-0.2, 0) is 0 Å². The van der Waals surface area contributed by atoms with Crippen molar-refractivity contribution in [3.63, 3.8) is 0 Å². The van der Waals surface area contributed by atoms with E-state index in [2.05, 4.69) is 24.1 Å². The lowest BCUT2D eigenvalue weighted by molar-refractivity contribution is 0.102. The van der Waals surface area contributed by atoms with Crippen LogP contribution >= 0.6 is 11.6 Å². The maximum absolute atomic E-state index is 12.5. The van der Waals surface area contributed by atoms with Crippen molar-refractivity contribution in [1.29, 1.82) is 0 Å². The van der Waals surface area contributed by atoms with Crippen LogP contribution in [0, 0.1) is 5.92 Å². The molecule has 1 heterocycles. The first-order valence-electron chi connectivity index (χ1n) is 10.2. The number of ether oxygens (including phenoxy) is 1. The van der Waals surface area contributed by atoms with Gasteiger partial charge < -0.3 is 15.0 Å². The molecule has 2 aromatic rings. The van der Waals surface area contributed by atoms with Gasteiger partial charge in [0.2, 0.25) is 0 Å². The van der Waals surface area contributed by atoms with Gasteiger partial charge in [-0.25, -0.2) is 0 Å². The summed E-state index contributed by atoms with van der Waals surface area (Å²) in [5.41, 5.74) is 2.33. The molecule has 4 nitrogen and oxygen atoms in total. The Morgan fingerprint density at radius 3 is 2.54 bits per heavy atom. The van der Waals surface area contributed by atoms with Crippen molar-refractivity contribution < 1.29 is 9.53 Å². The number of amides is 1. The lowest BCUT2D eigenvalue weighted by Crippen LogP contribution is -2.32. The van der Waals surface area contributed by atoms with E-state index in [1.807, 2.05) is 30.3 Å². The van der Waals surface area contributed by atoms with Crippen molar-refractivity contribution in [2.24, 2.45) is 5.92 Å². The van der Waals surface area contributed by atoms with Crippen LogP contribution in [0.4, 0.5) is 11.4 Å². The lowest BCUT2D eigenvalue weighted by Gasteiger charge is -2.32. The van der Waals surface area contributed by atoms with Gasteiger partial charge in [-0.05, 0) is 67.6 Å². The summed E-state index contributed by atoms with van der Waals surface area (Å²) in [5.74, 6) is 1.40. The normalized spacial score (nSPS) is 14.8. The highest BCUT2D eigenvalue weighted by atomic mass is 35.5. The predicted molar refractivity (Wildman–Crippen MR) is 117 cm³/mol. The van der Waals surface area contributed by atoms with E-state index in [1.165, 1.54) is 12.8 Å². The Kier molecular flexibility index (Phi) is 7.21. The monoisotopic (exact) mass is 400 g/mol. The number of carbonyl (C=O) groups is 1. The van der Waals surface area contributed by atoms with Crippen molar-refractivity contribution in [3.05, 3.63) is 53.1 Å². The fourth-order valence-electron chi connectivity index (χ4n) is 3.33. The molecule has 0 saturated carbocycles. The Morgan fingerprint density at radius 1 is 1.18 bits per heavy atom. The smallest absolute Gasteiger partial charge is 0.255 e. The molecule has 28 heavy (non-hydrogen) atoms. The zero-order chi connectivity index (χ0) is 19.9. The predicted octanol–water partition coefficient (Wildman–Crippen LogP) is 6.01. The maximum Gasteiger partial charge on any atom is 0.255 e. The van der Waals surface area contributed by atoms with Gasteiger partial charge in [-0.2, -0.15) is 0 Å². The zero-order valence-corrected chi connectivity index (χ0v) is 17.5. The average Bonchev–Trinajstić information content (AvgIpc) is 2.70. The highest BCUT2D eigenvalue weighted by Gasteiger charge is 2.18. The van der Waals surface area contributed by atoms with Crippen LogP contribution < -0.4 is 15.0 Å². The summed E-state index contributed by atoms with van der Waals surface area (Å²) in [7, 11) is 0.